The van der Waals surface area contributed by atoms with Crippen molar-refractivity contribution in [2.75, 3.05) is 0 Å². The zero-order valence-electron chi connectivity index (χ0n) is 11.9. The number of carbonyl (C=O) groups excluding carboxylic acids is 1. The molecule has 0 saturated heterocycles. The highest BCUT2D eigenvalue weighted by Crippen LogP contribution is 2.17. The standard InChI is InChI=1S/C14H17BrFNO4/c1-14(2,3)21-13(20)17-11(12(18)19)7-8-4-5-9(15)10(16)6-8/h4-6,11H,7H2,1-3H3,(H,17,20)(H,18,19). The van der Waals surface area contributed by atoms with Crippen molar-refractivity contribution in [1.29, 1.82) is 0 Å². The quantitative estimate of drug-likeness (QED) is 0.863. The lowest BCUT2D eigenvalue weighted by molar-refractivity contribution is -0.139. The second-order valence-electron chi connectivity index (χ2n) is 5.49. The second-order valence-corrected chi connectivity index (χ2v) is 6.34. The summed E-state index contributed by atoms with van der Waals surface area (Å²) in [6.45, 7) is 5.02. The number of alkyl carbamates (subject to hydrolysis) is 1. The summed E-state index contributed by atoms with van der Waals surface area (Å²) in [5.41, 5.74) is -0.268. The average molecular weight is 362 g/mol. The smallest absolute Gasteiger partial charge is 0.408 e. The van der Waals surface area contributed by atoms with E-state index in [0.717, 1.165) is 0 Å². The molecule has 1 amide bonds. The molecule has 1 aromatic carbocycles. The number of amides is 1. The van der Waals surface area contributed by atoms with Gasteiger partial charge in [-0.15, -0.1) is 0 Å². The fraction of sp³-hybridized carbons (Fsp3) is 0.429. The van der Waals surface area contributed by atoms with Crippen molar-refractivity contribution in [3.63, 3.8) is 0 Å². The number of halogens is 2. The summed E-state index contributed by atoms with van der Waals surface area (Å²) < 4.78 is 18.7. The summed E-state index contributed by atoms with van der Waals surface area (Å²) in [5.74, 6) is -1.71. The summed E-state index contributed by atoms with van der Waals surface area (Å²) in [4.78, 5) is 22.8. The van der Waals surface area contributed by atoms with Gasteiger partial charge in [0, 0.05) is 6.42 Å². The van der Waals surface area contributed by atoms with Gasteiger partial charge in [-0.2, -0.15) is 0 Å². The molecule has 0 aliphatic heterocycles. The molecule has 1 unspecified atom stereocenters. The van der Waals surface area contributed by atoms with Gasteiger partial charge in [0.1, 0.15) is 17.5 Å². The molecule has 116 valence electrons. The monoisotopic (exact) mass is 361 g/mol. The first-order valence-corrected chi connectivity index (χ1v) is 7.04. The first-order valence-electron chi connectivity index (χ1n) is 6.25. The van der Waals surface area contributed by atoms with E-state index in [4.69, 9.17) is 9.84 Å². The van der Waals surface area contributed by atoms with Crippen LogP contribution in [0.3, 0.4) is 0 Å². The van der Waals surface area contributed by atoms with Crippen molar-refractivity contribution in [3.8, 4) is 0 Å². The molecule has 7 heteroatoms. The van der Waals surface area contributed by atoms with Crippen LogP contribution in [-0.2, 0) is 16.0 Å². The van der Waals surface area contributed by atoms with E-state index in [2.05, 4.69) is 21.2 Å². The number of ether oxygens (including phenoxy) is 1. The van der Waals surface area contributed by atoms with Crippen LogP contribution in [0.4, 0.5) is 9.18 Å². The molecule has 0 saturated carbocycles. The van der Waals surface area contributed by atoms with Crippen molar-refractivity contribution in [3.05, 3.63) is 34.1 Å². The van der Waals surface area contributed by atoms with Gasteiger partial charge in [0.05, 0.1) is 4.47 Å². The summed E-state index contributed by atoms with van der Waals surface area (Å²) in [5, 5.41) is 11.4. The second kappa shape index (κ2) is 6.89. The minimum atomic E-state index is -1.22. The van der Waals surface area contributed by atoms with Crippen LogP contribution in [0.5, 0.6) is 0 Å². The normalized spacial score (nSPS) is 12.6. The Morgan fingerprint density at radius 3 is 2.52 bits per heavy atom. The first-order chi connectivity index (χ1) is 9.58. The van der Waals surface area contributed by atoms with E-state index in [1.165, 1.54) is 12.1 Å². The number of hydrogen-bond donors (Lipinski definition) is 2. The maximum absolute atomic E-state index is 13.4. The lowest BCUT2D eigenvalue weighted by Gasteiger charge is -2.22. The molecule has 0 fully saturated rings. The predicted octanol–water partition coefficient (Wildman–Crippen LogP) is 3.11. The molecule has 0 aliphatic carbocycles. The van der Waals surface area contributed by atoms with Crippen LogP contribution in [-0.4, -0.2) is 28.8 Å². The van der Waals surface area contributed by atoms with Crippen LogP contribution in [0.25, 0.3) is 0 Å². The summed E-state index contributed by atoms with van der Waals surface area (Å²) in [7, 11) is 0. The molecule has 2 N–H and O–H groups in total. The highest BCUT2D eigenvalue weighted by molar-refractivity contribution is 9.10. The van der Waals surface area contributed by atoms with E-state index in [1.807, 2.05) is 0 Å². The summed E-state index contributed by atoms with van der Waals surface area (Å²) in [6.07, 6.45) is -0.869. The van der Waals surface area contributed by atoms with Crippen molar-refractivity contribution in [2.24, 2.45) is 0 Å². The third-order valence-corrected chi connectivity index (χ3v) is 3.06. The maximum atomic E-state index is 13.4. The van der Waals surface area contributed by atoms with Gasteiger partial charge in [0.15, 0.2) is 0 Å². The predicted molar refractivity (Wildman–Crippen MR) is 78.6 cm³/mol. The summed E-state index contributed by atoms with van der Waals surface area (Å²) in [6, 6.07) is 3.09. The Hall–Kier alpha value is -1.63. The number of hydrogen-bond acceptors (Lipinski definition) is 3. The molecule has 0 radical (unpaired) electrons. The Labute approximate surface area is 130 Å². The number of nitrogens with one attached hydrogen (secondary N) is 1. The van der Waals surface area contributed by atoms with Gasteiger partial charge in [-0.3, -0.25) is 0 Å². The maximum Gasteiger partial charge on any atom is 0.408 e. The Balaban J connectivity index is 2.76. The molecule has 0 bridgehead atoms. The fourth-order valence-electron chi connectivity index (χ4n) is 1.55. The van der Waals surface area contributed by atoms with Gasteiger partial charge in [-0.25, -0.2) is 14.0 Å². The Morgan fingerprint density at radius 2 is 2.05 bits per heavy atom. The number of carboxylic acid groups (broad SMARTS) is 1. The Kier molecular flexibility index (Phi) is 5.71. The number of carbonyl (C=O) groups is 2. The SMILES string of the molecule is CC(C)(C)OC(=O)NC(Cc1ccc(Br)c(F)c1)C(=O)O. The van der Waals surface area contributed by atoms with Gasteiger partial charge < -0.3 is 15.2 Å². The number of carboxylic acids is 1. The van der Waals surface area contributed by atoms with Crippen LogP contribution in [0.15, 0.2) is 22.7 Å². The molecule has 0 heterocycles. The molecular weight excluding hydrogens is 345 g/mol. The van der Waals surface area contributed by atoms with Crippen molar-refractivity contribution in [1.82, 2.24) is 5.32 Å². The average Bonchev–Trinajstić information content (AvgIpc) is 2.30. The van der Waals surface area contributed by atoms with Crippen LogP contribution < -0.4 is 5.32 Å². The highest BCUT2D eigenvalue weighted by Gasteiger charge is 2.24. The fourth-order valence-corrected chi connectivity index (χ4v) is 1.80. The third kappa shape index (κ3) is 6.12. The lowest BCUT2D eigenvalue weighted by Crippen LogP contribution is -2.44. The molecule has 21 heavy (non-hydrogen) atoms. The minimum Gasteiger partial charge on any atom is -0.480 e. The van der Waals surface area contributed by atoms with E-state index in [0.29, 0.717) is 10.0 Å². The van der Waals surface area contributed by atoms with Crippen molar-refractivity contribution in [2.45, 2.75) is 38.8 Å². The van der Waals surface area contributed by atoms with E-state index in [9.17, 15) is 14.0 Å². The molecule has 1 atom stereocenters. The molecular formula is C14H17BrFNO4. The zero-order chi connectivity index (χ0) is 16.2. The van der Waals surface area contributed by atoms with Crippen LogP contribution in [0.1, 0.15) is 26.3 Å². The van der Waals surface area contributed by atoms with Gasteiger partial charge in [0.25, 0.3) is 0 Å². The van der Waals surface area contributed by atoms with Gasteiger partial charge in [-0.05, 0) is 54.4 Å². The van der Waals surface area contributed by atoms with E-state index in [1.54, 1.807) is 26.8 Å². The number of rotatable bonds is 4. The van der Waals surface area contributed by atoms with Crippen LogP contribution >= 0.6 is 15.9 Å². The molecule has 5 nitrogen and oxygen atoms in total. The molecule has 0 aliphatic rings. The molecule has 1 rings (SSSR count). The molecule has 0 spiro atoms. The first kappa shape index (κ1) is 17.4. The lowest BCUT2D eigenvalue weighted by atomic mass is 10.1. The number of benzene rings is 1. The van der Waals surface area contributed by atoms with Crippen molar-refractivity contribution >= 4 is 28.0 Å². The van der Waals surface area contributed by atoms with Gasteiger partial charge in [0.2, 0.25) is 0 Å². The van der Waals surface area contributed by atoms with Gasteiger partial charge >= 0.3 is 12.1 Å². The zero-order valence-corrected chi connectivity index (χ0v) is 13.5. The molecule has 1 aromatic rings. The topological polar surface area (TPSA) is 75.6 Å². The van der Waals surface area contributed by atoms with E-state index < -0.39 is 29.5 Å². The third-order valence-electron chi connectivity index (χ3n) is 2.41. The Bertz CT molecular complexity index is 542. The van der Waals surface area contributed by atoms with Crippen LogP contribution in [0.2, 0.25) is 0 Å². The Morgan fingerprint density at radius 1 is 1.43 bits per heavy atom. The van der Waals surface area contributed by atoms with Gasteiger partial charge in [-0.1, -0.05) is 6.07 Å². The largest absolute Gasteiger partial charge is 0.480 e. The van der Waals surface area contributed by atoms with E-state index >= 15 is 0 Å². The van der Waals surface area contributed by atoms with Crippen molar-refractivity contribution < 1.29 is 23.8 Å². The van der Waals surface area contributed by atoms with E-state index in [-0.39, 0.29) is 6.42 Å². The molecule has 0 aromatic heterocycles. The minimum absolute atomic E-state index is 0.0429. The summed E-state index contributed by atoms with van der Waals surface area (Å²) >= 11 is 3.02. The van der Waals surface area contributed by atoms with Crippen LogP contribution in [0, 0.1) is 5.82 Å². The highest BCUT2D eigenvalue weighted by atomic mass is 79.9. The number of aliphatic carboxylic acids is 1.